The van der Waals surface area contributed by atoms with Crippen LogP contribution in [0, 0.1) is 5.92 Å². The van der Waals surface area contributed by atoms with Crippen molar-refractivity contribution in [2.75, 3.05) is 44.2 Å². The molecule has 1 atom stereocenters. The molecule has 2 aliphatic heterocycles. The summed E-state index contributed by atoms with van der Waals surface area (Å²) in [7, 11) is 0. The maximum atomic E-state index is 3.42. The van der Waals surface area contributed by atoms with Crippen LogP contribution >= 0.6 is 0 Å². The SMILES string of the molecule is CC1CCCN(c2cccc(CN3CCNCC3)c2)C1. The van der Waals surface area contributed by atoms with Crippen molar-refractivity contribution in [3.05, 3.63) is 29.8 Å². The molecular weight excluding hydrogens is 246 g/mol. The number of piperazine rings is 1. The van der Waals surface area contributed by atoms with Crippen LogP contribution < -0.4 is 10.2 Å². The number of anilines is 1. The molecule has 3 rings (SSSR count). The van der Waals surface area contributed by atoms with Crippen molar-refractivity contribution < 1.29 is 0 Å². The fourth-order valence-electron chi connectivity index (χ4n) is 3.40. The lowest BCUT2D eigenvalue weighted by Gasteiger charge is -2.33. The van der Waals surface area contributed by atoms with Gasteiger partial charge in [0, 0.05) is 51.5 Å². The predicted molar refractivity (Wildman–Crippen MR) is 85.2 cm³/mol. The normalized spacial score (nSPS) is 24.9. The third kappa shape index (κ3) is 3.53. The van der Waals surface area contributed by atoms with Crippen molar-refractivity contribution in [3.63, 3.8) is 0 Å². The Bertz CT molecular complexity index is 426. The highest BCUT2D eigenvalue weighted by molar-refractivity contribution is 5.49. The molecule has 0 saturated carbocycles. The van der Waals surface area contributed by atoms with Crippen molar-refractivity contribution in [3.8, 4) is 0 Å². The van der Waals surface area contributed by atoms with Crippen LogP contribution in [0.25, 0.3) is 0 Å². The standard InChI is InChI=1S/C17H27N3/c1-15-4-3-9-20(13-15)17-6-2-5-16(12-17)14-19-10-7-18-8-11-19/h2,5-6,12,15,18H,3-4,7-11,13-14H2,1H3. The zero-order valence-corrected chi connectivity index (χ0v) is 12.6. The molecule has 2 aliphatic rings. The molecular formula is C17H27N3. The van der Waals surface area contributed by atoms with E-state index >= 15 is 0 Å². The molecule has 110 valence electrons. The molecule has 1 N–H and O–H groups in total. The average molecular weight is 273 g/mol. The number of benzene rings is 1. The van der Waals surface area contributed by atoms with Gasteiger partial charge in [0.05, 0.1) is 0 Å². The van der Waals surface area contributed by atoms with Gasteiger partial charge in [-0.3, -0.25) is 4.90 Å². The second-order valence-electron chi connectivity index (χ2n) is 6.39. The minimum Gasteiger partial charge on any atom is -0.371 e. The van der Waals surface area contributed by atoms with Gasteiger partial charge in [0.1, 0.15) is 0 Å². The zero-order chi connectivity index (χ0) is 13.8. The highest BCUT2D eigenvalue weighted by Gasteiger charge is 2.17. The van der Waals surface area contributed by atoms with E-state index in [-0.39, 0.29) is 0 Å². The molecule has 2 saturated heterocycles. The molecule has 0 aromatic heterocycles. The van der Waals surface area contributed by atoms with Gasteiger partial charge in [0.2, 0.25) is 0 Å². The summed E-state index contributed by atoms with van der Waals surface area (Å²) < 4.78 is 0. The Hall–Kier alpha value is -1.06. The number of nitrogens with one attached hydrogen (secondary N) is 1. The Morgan fingerprint density at radius 3 is 2.85 bits per heavy atom. The van der Waals surface area contributed by atoms with E-state index in [1.165, 1.54) is 50.3 Å². The Morgan fingerprint density at radius 2 is 2.05 bits per heavy atom. The van der Waals surface area contributed by atoms with Crippen LogP contribution in [0.5, 0.6) is 0 Å². The van der Waals surface area contributed by atoms with Gasteiger partial charge in [-0.2, -0.15) is 0 Å². The van der Waals surface area contributed by atoms with E-state index in [1.807, 2.05) is 0 Å². The van der Waals surface area contributed by atoms with Crippen LogP contribution in [0.2, 0.25) is 0 Å². The summed E-state index contributed by atoms with van der Waals surface area (Å²) in [5, 5.41) is 3.42. The number of piperidine rings is 1. The summed E-state index contributed by atoms with van der Waals surface area (Å²) in [4.78, 5) is 5.11. The van der Waals surface area contributed by atoms with Crippen LogP contribution in [0.1, 0.15) is 25.3 Å². The van der Waals surface area contributed by atoms with Crippen LogP contribution in [0.4, 0.5) is 5.69 Å². The van der Waals surface area contributed by atoms with Gasteiger partial charge in [0.25, 0.3) is 0 Å². The largest absolute Gasteiger partial charge is 0.371 e. The first kappa shape index (κ1) is 13.9. The van der Waals surface area contributed by atoms with Crippen LogP contribution in [0.15, 0.2) is 24.3 Å². The molecule has 3 heteroatoms. The molecule has 1 unspecified atom stereocenters. The van der Waals surface area contributed by atoms with E-state index in [1.54, 1.807) is 0 Å². The van der Waals surface area contributed by atoms with Gasteiger partial charge in [-0.25, -0.2) is 0 Å². The summed E-state index contributed by atoms with van der Waals surface area (Å²) >= 11 is 0. The van der Waals surface area contributed by atoms with Crippen LogP contribution in [0.3, 0.4) is 0 Å². The average Bonchev–Trinajstić information content (AvgIpc) is 2.49. The lowest BCUT2D eigenvalue weighted by molar-refractivity contribution is 0.233. The highest BCUT2D eigenvalue weighted by Crippen LogP contribution is 2.24. The molecule has 0 bridgehead atoms. The lowest BCUT2D eigenvalue weighted by Crippen LogP contribution is -2.42. The maximum Gasteiger partial charge on any atom is 0.0369 e. The van der Waals surface area contributed by atoms with Crippen molar-refractivity contribution in [2.24, 2.45) is 5.92 Å². The van der Waals surface area contributed by atoms with E-state index in [0.29, 0.717) is 0 Å². The summed E-state index contributed by atoms with van der Waals surface area (Å²) in [6.07, 6.45) is 2.72. The van der Waals surface area contributed by atoms with E-state index in [9.17, 15) is 0 Å². The first-order valence-electron chi connectivity index (χ1n) is 8.08. The number of hydrogen-bond acceptors (Lipinski definition) is 3. The second kappa shape index (κ2) is 6.59. The predicted octanol–water partition coefficient (Wildman–Crippen LogP) is 2.33. The minimum absolute atomic E-state index is 0.834. The molecule has 1 aromatic rings. The molecule has 0 radical (unpaired) electrons. The third-order valence-corrected chi connectivity index (χ3v) is 4.55. The fraction of sp³-hybridized carbons (Fsp3) is 0.647. The maximum absolute atomic E-state index is 3.42. The van der Waals surface area contributed by atoms with Crippen LogP contribution in [-0.4, -0.2) is 44.2 Å². The van der Waals surface area contributed by atoms with E-state index in [0.717, 1.165) is 25.6 Å². The first-order valence-corrected chi connectivity index (χ1v) is 8.08. The van der Waals surface area contributed by atoms with Gasteiger partial charge in [-0.1, -0.05) is 19.1 Å². The van der Waals surface area contributed by atoms with Gasteiger partial charge >= 0.3 is 0 Å². The first-order chi connectivity index (χ1) is 9.81. The topological polar surface area (TPSA) is 18.5 Å². The van der Waals surface area contributed by atoms with E-state index < -0.39 is 0 Å². The lowest BCUT2D eigenvalue weighted by atomic mass is 9.99. The summed E-state index contributed by atoms with van der Waals surface area (Å²) in [5.41, 5.74) is 2.88. The second-order valence-corrected chi connectivity index (χ2v) is 6.39. The highest BCUT2D eigenvalue weighted by atomic mass is 15.2. The smallest absolute Gasteiger partial charge is 0.0369 e. The minimum atomic E-state index is 0.834. The van der Waals surface area contributed by atoms with E-state index in [2.05, 4.69) is 46.3 Å². The molecule has 3 nitrogen and oxygen atoms in total. The Balaban J connectivity index is 1.65. The van der Waals surface area contributed by atoms with Crippen molar-refractivity contribution in [1.82, 2.24) is 10.2 Å². The monoisotopic (exact) mass is 273 g/mol. The molecule has 20 heavy (non-hydrogen) atoms. The fourth-order valence-corrected chi connectivity index (χ4v) is 3.40. The van der Waals surface area contributed by atoms with Gasteiger partial charge < -0.3 is 10.2 Å². The third-order valence-electron chi connectivity index (χ3n) is 4.55. The molecule has 0 spiro atoms. The Morgan fingerprint density at radius 1 is 1.20 bits per heavy atom. The van der Waals surface area contributed by atoms with Crippen molar-refractivity contribution in [2.45, 2.75) is 26.3 Å². The number of rotatable bonds is 3. The van der Waals surface area contributed by atoms with Gasteiger partial charge in [-0.15, -0.1) is 0 Å². The summed E-state index contributed by atoms with van der Waals surface area (Å²) in [6.45, 7) is 10.5. The molecule has 1 aromatic carbocycles. The molecule has 2 heterocycles. The Kier molecular flexibility index (Phi) is 4.58. The summed E-state index contributed by atoms with van der Waals surface area (Å²) in [6, 6.07) is 9.18. The zero-order valence-electron chi connectivity index (χ0n) is 12.6. The van der Waals surface area contributed by atoms with E-state index in [4.69, 9.17) is 0 Å². The molecule has 0 amide bonds. The molecule has 2 fully saturated rings. The van der Waals surface area contributed by atoms with Gasteiger partial charge in [0.15, 0.2) is 0 Å². The Labute approximate surface area is 123 Å². The summed E-state index contributed by atoms with van der Waals surface area (Å²) in [5.74, 6) is 0.834. The van der Waals surface area contributed by atoms with Crippen molar-refractivity contribution in [1.29, 1.82) is 0 Å². The number of hydrogen-bond donors (Lipinski definition) is 1. The quantitative estimate of drug-likeness (QED) is 0.912. The van der Waals surface area contributed by atoms with Gasteiger partial charge in [-0.05, 0) is 36.5 Å². The van der Waals surface area contributed by atoms with Crippen LogP contribution in [-0.2, 0) is 6.54 Å². The molecule has 0 aliphatic carbocycles. The number of nitrogens with zero attached hydrogens (tertiary/aromatic N) is 2. The van der Waals surface area contributed by atoms with Crippen molar-refractivity contribution >= 4 is 5.69 Å².